The Morgan fingerprint density at radius 1 is 0.857 bits per heavy atom. The normalized spacial score (nSPS) is 14.5. The lowest BCUT2D eigenvalue weighted by Gasteiger charge is -2.33. The summed E-state index contributed by atoms with van der Waals surface area (Å²) in [6.07, 6.45) is 4.14. The predicted octanol–water partition coefficient (Wildman–Crippen LogP) is 9.58. The van der Waals surface area contributed by atoms with E-state index in [0.717, 1.165) is 35.3 Å². The van der Waals surface area contributed by atoms with Crippen molar-refractivity contribution >= 4 is 63.6 Å². The van der Waals surface area contributed by atoms with Crippen LogP contribution in [0.25, 0.3) is 6.08 Å². The van der Waals surface area contributed by atoms with E-state index in [0.29, 0.717) is 43.9 Å². The van der Waals surface area contributed by atoms with Crippen molar-refractivity contribution in [2.45, 2.75) is 50.2 Å². The van der Waals surface area contributed by atoms with Crippen molar-refractivity contribution in [3.8, 4) is 5.75 Å². The highest BCUT2D eigenvalue weighted by molar-refractivity contribution is 8.00. The molecule has 3 N–H and O–H groups in total. The maximum Gasteiger partial charge on any atom is 0.341 e. The number of nitrogens with one attached hydrogen (secondary N) is 3. The summed E-state index contributed by atoms with van der Waals surface area (Å²) in [5.74, 6) is -0.601. The van der Waals surface area contributed by atoms with Crippen LogP contribution in [0.4, 0.5) is 10.7 Å². The molecule has 6 rings (SSSR count). The Labute approximate surface area is 335 Å². The number of amides is 3. The maximum atomic E-state index is 14.3. The number of carbonyl (C=O) groups excluding carboxylic acids is 4. The van der Waals surface area contributed by atoms with Gasteiger partial charge in [0.1, 0.15) is 21.7 Å². The molecule has 2 atom stereocenters. The van der Waals surface area contributed by atoms with Crippen molar-refractivity contribution in [3.05, 3.63) is 148 Å². The standard InChI is InChI=1S/C45H45N3O6S2/c1-45(2,3)31-21-24-35-37(26-31)56-43(38(35)44(52)54-5)48-42(51)39(29-13-8-6-9-14-29)55-34-18-12-17-32(27-34)46-41(50)36(25-28-19-22-33(53-4)23-20-28)47-40(49)30-15-10-7-11-16-30/h6-20,22-23,25,27,31,39H,21,24,26H2,1-5H3,(H,46,50)(H,47,49)(H,48,51)/b36-25+. The number of thioether (sulfide) groups is 1. The first-order chi connectivity index (χ1) is 26.9. The Morgan fingerprint density at radius 2 is 1.55 bits per heavy atom. The average molecular weight is 788 g/mol. The van der Waals surface area contributed by atoms with Crippen molar-refractivity contribution in [1.82, 2.24) is 5.32 Å². The van der Waals surface area contributed by atoms with Gasteiger partial charge in [0, 0.05) is 21.0 Å². The quantitative estimate of drug-likeness (QED) is 0.0654. The lowest BCUT2D eigenvalue weighted by atomic mass is 9.72. The number of methoxy groups -OCH3 is 2. The van der Waals surface area contributed by atoms with Gasteiger partial charge in [0.2, 0.25) is 5.91 Å². The van der Waals surface area contributed by atoms with Crippen molar-refractivity contribution in [2.24, 2.45) is 11.3 Å². The molecule has 0 saturated carbocycles. The van der Waals surface area contributed by atoms with Crippen LogP contribution >= 0.6 is 23.1 Å². The van der Waals surface area contributed by atoms with E-state index >= 15 is 0 Å². The number of fused-ring (bicyclic) bond motifs is 1. The number of benzene rings is 4. The molecule has 2 unspecified atom stereocenters. The first kappa shape index (κ1) is 40.0. The van der Waals surface area contributed by atoms with Gasteiger partial charge in [-0.3, -0.25) is 14.4 Å². The molecule has 4 aromatic carbocycles. The number of hydrogen-bond donors (Lipinski definition) is 3. The van der Waals surface area contributed by atoms with Crippen LogP contribution in [0, 0.1) is 11.3 Å². The molecule has 0 spiro atoms. The molecule has 56 heavy (non-hydrogen) atoms. The number of ether oxygens (including phenoxy) is 2. The summed E-state index contributed by atoms with van der Waals surface area (Å²) >= 11 is 2.78. The van der Waals surface area contributed by atoms with Gasteiger partial charge in [-0.1, -0.05) is 87.5 Å². The zero-order chi connectivity index (χ0) is 39.8. The van der Waals surface area contributed by atoms with E-state index in [2.05, 4.69) is 36.7 Å². The third kappa shape index (κ3) is 9.77. The summed E-state index contributed by atoms with van der Waals surface area (Å²) in [7, 11) is 2.94. The summed E-state index contributed by atoms with van der Waals surface area (Å²) < 4.78 is 10.5. The zero-order valence-corrected chi connectivity index (χ0v) is 33.6. The Kier molecular flexibility index (Phi) is 12.8. The minimum absolute atomic E-state index is 0.0393. The van der Waals surface area contributed by atoms with Gasteiger partial charge in [-0.25, -0.2) is 4.79 Å². The molecule has 9 nitrogen and oxygen atoms in total. The van der Waals surface area contributed by atoms with Crippen LogP contribution in [-0.2, 0) is 27.2 Å². The minimum Gasteiger partial charge on any atom is -0.497 e. The minimum atomic E-state index is -0.704. The van der Waals surface area contributed by atoms with Crippen LogP contribution in [0.3, 0.4) is 0 Å². The van der Waals surface area contributed by atoms with Crippen molar-refractivity contribution in [1.29, 1.82) is 0 Å². The summed E-state index contributed by atoms with van der Waals surface area (Å²) in [5.41, 5.74) is 3.88. The SMILES string of the molecule is COC(=O)c1c(NC(=O)C(Sc2cccc(NC(=O)/C(=C\c3ccc(OC)cc3)NC(=O)c3ccccc3)c2)c2ccccc2)sc2c1CCC(C(C)(C)C)C2. The molecule has 5 aromatic rings. The summed E-state index contributed by atoms with van der Waals surface area (Å²) in [6.45, 7) is 6.72. The Balaban J connectivity index is 1.25. The van der Waals surface area contributed by atoms with E-state index in [9.17, 15) is 19.2 Å². The second-order valence-electron chi connectivity index (χ2n) is 14.5. The average Bonchev–Trinajstić information content (AvgIpc) is 3.57. The number of rotatable bonds is 12. The van der Waals surface area contributed by atoms with E-state index in [-0.39, 0.29) is 17.0 Å². The van der Waals surface area contributed by atoms with Gasteiger partial charge in [0.25, 0.3) is 11.8 Å². The first-order valence-corrected chi connectivity index (χ1v) is 20.0. The second kappa shape index (κ2) is 17.9. The zero-order valence-electron chi connectivity index (χ0n) is 32.0. The number of thiophene rings is 1. The van der Waals surface area contributed by atoms with Crippen LogP contribution in [-0.4, -0.2) is 37.9 Å². The monoisotopic (exact) mass is 787 g/mol. The molecule has 1 aliphatic rings. The Bertz CT molecular complexity index is 2230. The lowest BCUT2D eigenvalue weighted by molar-refractivity contribution is -0.116. The molecule has 1 heterocycles. The maximum absolute atomic E-state index is 14.3. The van der Waals surface area contributed by atoms with E-state index in [4.69, 9.17) is 9.47 Å². The molecule has 1 aromatic heterocycles. The second-order valence-corrected chi connectivity index (χ2v) is 16.8. The molecule has 0 bridgehead atoms. The van der Waals surface area contributed by atoms with Crippen LogP contribution in [0.1, 0.15) is 74.7 Å². The van der Waals surface area contributed by atoms with Gasteiger partial charge in [0.05, 0.1) is 19.8 Å². The Morgan fingerprint density at radius 3 is 2.21 bits per heavy atom. The molecule has 0 radical (unpaired) electrons. The van der Waals surface area contributed by atoms with Gasteiger partial charge in [-0.05, 0) is 95.8 Å². The van der Waals surface area contributed by atoms with Crippen LogP contribution in [0.2, 0.25) is 0 Å². The summed E-state index contributed by atoms with van der Waals surface area (Å²) in [4.78, 5) is 56.3. The smallest absolute Gasteiger partial charge is 0.341 e. The highest BCUT2D eigenvalue weighted by Crippen LogP contribution is 2.45. The van der Waals surface area contributed by atoms with Gasteiger partial charge >= 0.3 is 5.97 Å². The first-order valence-electron chi connectivity index (χ1n) is 18.3. The fourth-order valence-corrected chi connectivity index (χ4v) is 9.00. The Hall–Kier alpha value is -5.65. The molecular weight excluding hydrogens is 743 g/mol. The number of hydrogen-bond acceptors (Lipinski definition) is 8. The molecule has 1 aliphatic carbocycles. The fourth-order valence-electron chi connectivity index (χ4n) is 6.60. The number of carbonyl (C=O) groups is 4. The number of esters is 1. The molecule has 0 fully saturated rings. The fraction of sp³-hybridized carbons (Fsp3) is 0.244. The van der Waals surface area contributed by atoms with Gasteiger partial charge in [-0.15, -0.1) is 23.1 Å². The highest BCUT2D eigenvalue weighted by atomic mass is 32.2. The van der Waals surface area contributed by atoms with Crippen LogP contribution < -0.4 is 20.7 Å². The predicted molar refractivity (Wildman–Crippen MR) is 224 cm³/mol. The highest BCUT2D eigenvalue weighted by Gasteiger charge is 2.35. The van der Waals surface area contributed by atoms with Gasteiger partial charge in [0.15, 0.2) is 0 Å². The molecule has 0 aliphatic heterocycles. The largest absolute Gasteiger partial charge is 0.497 e. The summed E-state index contributed by atoms with van der Waals surface area (Å²) in [5, 5.41) is 8.60. The molecule has 0 saturated heterocycles. The van der Waals surface area contributed by atoms with E-state index in [1.54, 1.807) is 79.9 Å². The molecule has 3 amide bonds. The lowest BCUT2D eigenvalue weighted by Crippen LogP contribution is -2.30. The van der Waals surface area contributed by atoms with E-state index < -0.39 is 23.0 Å². The molecule has 11 heteroatoms. The molecular formula is C45H45N3O6S2. The topological polar surface area (TPSA) is 123 Å². The third-order valence-corrected chi connectivity index (χ3v) is 12.2. The summed E-state index contributed by atoms with van der Waals surface area (Å²) in [6, 6.07) is 32.4. The third-order valence-electron chi connectivity index (χ3n) is 9.76. The molecule has 288 valence electrons. The van der Waals surface area contributed by atoms with Crippen molar-refractivity contribution in [3.63, 3.8) is 0 Å². The van der Waals surface area contributed by atoms with Gasteiger partial charge in [-0.2, -0.15) is 0 Å². The van der Waals surface area contributed by atoms with Crippen LogP contribution in [0.5, 0.6) is 5.75 Å². The van der Waals surface area contributed by atoms with E-state index in [1.807, 2.05) is 42.5 Å². The van der Waals surface area contributed by atoms with Crippen molar-refractivity contribution < 1.29 is 28.7 Å². The number of anilines is 2. The van der Waals surface area contributed by atoms with Crippen molar-refractivity contribution in [2.75, 3.05) is 24.9 Å². The van der Waals surface area contributed by atoms with Gasteiger partial charge < -0.3 is 25.4 Å². The van der Waals surface area contributed by atoms with Crippen LogP contribution in [0.15, 0.2) is 120 Å². The van der Waals surface area contributed by atoms with E-state index in [1.165, 1.54) is 30.2 Å².